The maximum atomic E-state index is 13.7. The van der Waals surface area contributed by atoms with Gasteiger partial charge in [-0.15, -0.1) is 0 Å². The molecular formula is C22H25FN4O3. The van der Waals surface area contributed by atoms with E-state index < -0.39 is 5.82 Å². The number of aliphatic hydroxyl groups excluding tert-OH is 1. The fourth-order valence-corrected chi connectivity index (χ4v) is 4.16. The Morgan fingerprint density at radius 2 is 1.97 bits per heavy atom. The number of hydrogen-bond donors (Lipinski definition) is 3. The zero-order chi connectivity index (χ0) is 21.4. The number of aryl methyl sites for hydroxylation is 1. The second-order valence-corrected chi connectivity index (χ2v) is 7.72. The molecule has 0 aliphatic carbocycles. The summed E-state index contributed by atoms with van der Waals surface area (Å²) in [6.07, 6.45) is 1.68. The Kier molecular flexibility index (Phi) is 5.44. The molecule has 0 saturated carbocycles. The molecule has 0 bridgehead atoms. The molecule has 1 aromatic carbocycles. The summed E-state index contributed by atoms with van der Waals surface area (Å²) in [6, 6.07) is 4.19. The highest BCUT2D eigenvalue weighted by molar-refractivity contribution is 6.34. The van der Waals surface area contributed by atoms with Gasteiger partial charge >= 0.3 is 0 Å². The van der Waals surface area contributed by atoms with Crippen molar-refractivity contribution in [2.45, 2.75) is 13.8 Å². The predicted octanol–water partition coefficient (Wildman–Crippen LogP) is 2.01. The number of nitrogens with one attached hydrogen (secondary N) is 2. The van der Waals surface area contributed by atoms with E-state index in [1.165, 1.54) is 12.1 Å². The fourth-order valence-electron chi connectivity index (χ4n) is 4.16. The van der Waals surface area contributed by atoms with Crippen LogP contribution in [-0.4, -0.2) is 71.0 Å². The highest BCUT2D eigenvalue weighted by Gasteiger charge is 2.28. The minimum absolute atomic E-state index is 0.0446. The number of hydrogen-bond acceptors (Lipinski definition) is 4. The van der Waals surface area contributed by atoms with Crippen LogP contribution in [0.1, 0.15) is 32.9 Å². The highest BCUT2D eigenvalue weighted by Crippen LogP contribution is 2.34. The molecule has 8 heteroatoms. The lowest BCUT2D eigenvalue weighted by Gasteiger charge is -2.34. The van der Waals surface area contributed by atoms with E-state index in [1.54, 1.807) is 12.1 Å². The molecule has 3 N–H and O–H groups in total. The van der Waals surface area contributed by atoms with Gasteiger partial charge in [-0.25, -0.2) is 4.39 Å². The maximum absolute atomic E-state index is 13.7. The molecule has 1 aromatic heterocycles. The summed E-state index contributed by atoms with van der Waals surface area (Å²) in [5.41, 5.74) is 4.23. The monoisotopic (exact) mass is 412 g/mol. The zero-order valence-electron chi connectivity index (χ0n) is 17.1. The van der Waals surface area contributed by atoms with Crippen molar-refractivity contribution in [1.29, 1.82) is 0 Å². The number of amides is 2. The van der Waals surface area contributed by atoms with Crippen molar-refractivity contribution in [1.82, 2.24) is 14.8 Å². The number of benzene rings is 1. The zero-order valence-corrected chi connectivity index (χ0v) is 17.1. The maximum Gasteiger partial charge on any atom is 0.256 e. The first-order valence-corrected chi connectivity index (χ1v) is 10.0. The number of β-amino-alcohol motifs (C(OH)–C–C–N with tert-alkyl or cyclic N) is 1. The number of piperazine rings is 1. The van der Waals surface area contributed by atoms with Gasteiger partial charge in [-0.3, -0.25) is 14.5 Å². The molecule has 0 spiro atoms. The van der Waals surface area contributed by atoms with Crippen molar-refractivity contribution in [3.05, 3.63) is 52.1 Å². The van der Waals surface area contributed by atoms with Crippen LogP contribution in [0, 0.1) is 19.7 Å². The molecule has 1 saturated heterocycles. The minimum Gasteiger partial charge on any atom is -0.395 e. The standard InChI is InChI=1S/C22H25FN4O3/c1-13-19(12-17-16-11-15(23)3-4-18(16)25-21(17)29)24-14(2)20(13)22(30)27-7-5-26(6-8-27)9-10-28/h3-4,11-12,24,28H,5-10H2,1-2H3,(H,25,29)/b17-12-. The van der Waals surface area contributed by atoms with Crippen LogP contribution in [-0.2, 0) is 4.79 Å². The summed E-state index contributed by atoms with van der Waals surface area (Å²) in [4.78, 5) is 32.7. The number of aliphatic hydroxyl groups is 1. The second-order valence-electron chi connectivity index (χ2n) is 7.72. The number of carbonyl (C=O) groups excluding carboxylic acids is 2. The number of aromatic amines is 1. The molecule has 4 rings (SSSR count). The van der Waals surface area contributed by atoms with Crippen LogP contribution in [0.5, 0.6) is 0 Å². The van der Waals surface area contributed by atoms with Gasteiger partial charge in [0.1, 0.15) is 5.82 Å². The third kappa shape index (κ3) is 3.64. The number of aromatic nitrogens is 1. The van der Waals surface area contributed by atoms with E-state index in [-0.39, 0.29) is 18.4 Å². The lowest BCUT2D eigenvalue weighted by Crippen LogP contribution is -2.49. The molecule has 2 aromatic rings. The largest absolute Gasteiger partial charge is 0.395 e. The summed E-state index contributed by atoms with van der Waals surface area (Å²) in [7, 11) is 0. The van der Waals surface area contributed by atoms with E-state index >= 15 is 0 Å². The van der Waals surface area contributed by atoms with Gasteiger partial charge in [0.15, 0.2) is 0 Å². The van der Waals surface area contributed by atoms with Crippen molar-refractivity contribution < 1.29 is 19.1 Å². The van der Waals surface area contributed by atoms with E-state index in [4.69, 9.17) is 5.11 Å². The SMILES string of the molecule is Cc1[nH]c(/C=C2\C(=O)Nc3ccc(F)cc32)c(C)c1C(=O)N1CCN(CCO)CC1. The number of halogens is 1. The lowest BCUT2D eigenvalue weighted by atomic mass is 10.0. The normalized spacial score (nSPS) is 18.1. The van der Waals surface area contributed by atoms with Gasteiger partial charge in [-0.05, 0) is 43.7 Å². The van der Waals surface area contributed by atoms with Gasteiger partial charge in [-0.1, -0.05) is 0 Å². The van der Waals surface area contributed by atoms with Crippen LogP contribution in [0.25, 0.3) is 11.6 Å². The smallest absolute Gasteiger partial charge is 0.256 e. The van der Waals surface area contributed by atoms with E-state index in [0.717, 1.165) is 24.3 Å². The van der Waals surface area contributed by atoms with Crippen LogP contribution in [0.2, 0.25) is 0 Å². The third-order valence-electron chi connectivity index (χ3n) is 5.82. The van der Waals surface area contributed by atoms with Gasteiger partial charge in [-0.2, -0.15) is 0 Å². The third-order valence-corrected chi connectivity index (χ3v) is 5.82. The van der Waals surface area contributed by atoms with Crippen molar-refractivity contribution in [3.8, 4) is 0 Å². The van der Waals surface area contributed by atoms with Crippen LogP contribution < -0.4 is 5.32 Å². The molecule has 2 amide bonds. The quantitative estimate of drug-likeness (QED) is 0.671. The topological polar surface area (TPSA) is 88.7 Å². The van der Waals surface area contributed by atoms with Gasteiger partial charge in [0, 0.05) is 55.4 Å². The van der Waals surface area contributed by atoms with Crippen molar-refractivity contribution in [3.63, 3.8) is 0 Å². The summed E-state index contributed by atoms with van der Waals surface area (Å²) < 4.78 is 13.7. The van der Waals surface area contributed by atoms with Crippen LogP contribution in [0.4, 0.5) is 10.1 Å². The Labute approximate surface area is 174 Å². The summed E-state index contributed by atoms with van der Waals surface area (Å²) >= 11 is 0. The molecule has 7 nitrogen and oxygen atoms in total. The number of fused-ring (bicyclic) bond motifs is 1. The van der Waals surface area contributed by atoms with E-state index in [1.807, 2.05) is 18.7 Å². The highest BCUT2D eigenvalue weighted by atomic mass is 19.1. The lowest BCUT2D eigenvalue weighted by molar-refractivity contribution is -0.110. The van der Waals surface area contributed by atoms with E-state index in [9.17, 15) is 14.0 Å². The predicted molar refractivity (Wildman–Crippen MR) is 113 cm³/mol. The van der Waals surface area contributed by atoms with Crippen molar-refractivity contribution >= 4 is 29.2 Å². The number of carbonyl (C=O) groups is 2. The summed E-state index contributed by atoms with van der Waals surface area (Å²) in [6.45, 7) is 7.09. The van der Waals surface area contributed by atoms with Crippen molar-refractivity contribution in [2.24, 2.45) is 0 Å². The number of anilines is 1. The minimum atomic E-state index is -0.410. The van der Waals surface area contributed by atoms with Gasteiger partial charge < -0.3 is 20.3 Å². The Balaban J connectivity index is 1.61. The van der Waals surface area contributed by atoms with E-state index in [2.05, 4.69) is 15.2 Å². The average Bonchev–Trinajstić information content (AvgIpc) is 3.18. The fraction of sp³-hybridized carbons (Fsp3) is 0.364. The Morgan fingerprint density at radius 1 is 1.23 bits per heavy atom. The Hall–Kier alpha value is -2.97. The molecule has 0 unspecified atom stereocenters. The molecular weight excluding hydrogens is 387 g/mol. The first-order chi connectivity index (χ1) is 14.4. The molecule has 0 radical (unpaired) electrons. The Morgan fingerprint density at radius 3 is 2.67 bits per heavy atom. The molecule has 0 atom stereocenters. The van der Waals surface area contributed by atoms with Gasteiger partial charge in [0.25, 0.3) is 11.8 Å². The molecule has 1 fully saturated rings. The molecule has 2 aliphatic rings. The van der Waals surface area contributed by atoms with Gasteiger partial charge in [0.05, 0.1) is 17.7 Å². The van der Waals surface area contributed by atoms with Crippen molar-refractivity contribution in [2.75, 3.05) is 44.6 Å². The second kappa shape index (κ2) is 8.04. The number of nitrogens with zero attached hydrogens (tertiary/aromatic N) is 2. The van der Waals surface area contributed by atoms with E-state index in [0.29, 0.717) is 47.7 Å². The summed E-state index contributed by atoms with van der Waals surface area (Å²) in [5.74, 6) is -0.751. The van der Waals surface area contributed by atoms with Crippen LogP contribution >= 0.6 is 0 Å². The molecule has 158 valence electrons. The number of H-pyrrole nitrogens is 1. The number of rotatable bonds is 4. The van der Waals surface area contributed by atoms with Gasteiger partial charge in [0.2, 0.25) is 0 Å². The average molecular weight is 412 g/mol. The first-order valence-electron chi connectivity index (χ1n) is 10.0. The Bertz CT molecular complexity index is 1040. The molecule has 30 heavy (non-hydrogen) atoms. The van der Waals surface area contributed by atoms with Crippen LogP contribution in [0.3, 0.4) is 0 Å². The molecule has 3 heterocycles. The first kappa shape index (κ1) is 20.3. The summed E-state index contributed by atoms with van der Waals surface area (Å²) in [5, 5.41) is 11.8. The van der Waals surface area contributed by atoms with Crippen LogP contribution in [0.15, 0.2) is 18.2 Å². The molecule has 2 aliphatic heterocycles.